The van der Waals surface area contributed by atoms with Crippen LogP contribution in [-0.2, 0) is 6.42 Å². The topological polar surface area (TPSA) is 15.3 Å². The van der Waals surface area contributed by atoms with E-state index in [2.05, 4.69) is 48.3 Å². The van der Waals surface area contributed by atoms with Crippen LogP contribution >= 0.6 is 0 Å². The van der Waals surface area contributed by atoms with E-state index in [-0.39, 0.29) is 0 Å². The molecule has 0 aliphatic carbocycles. The Morgan fingerprint density at radius 3 is 3.00 bits per heavy atom. The Hall–Kier alpha value is -1.02. The molecule has 2 heteroatoms. The Labute approximate surface area is 104 Å². The summed E-state index contributed by atoms with van der Waals surface area (Å²) in [6.45, 7) is 8.31. The molecular formula is C15H22N2. The number of rotatable bonds is 2. The summed E-state index contributed by atoms with van der Waals surface area (Å²) in [5.41, 5.74) is 3.44. The lowest BCUT2D eigenvalue weighted by molar-refractivity contribution is 0.357. The molecule has 2 heterocycles. The molecule has 0 aromatic heterocycles. The van der Waals surface area contributed by atoms with Gasteiger partial charge in [0.15, 0.2) is 0 Å². The summed E-state index contributed by atoms with van der Waals surface area (Å²) in [6.07, 6.45) is 2.51. The summed E-state index contributed by atoms with van der Waals surface area (Å²) in [5, 5.41) is 3.50. The number of nitrogens with one attached hydrogen (secondary N) is 1. The molecule has 0 amide bonds. The van der Waals surface area contributed by atoms with Gasteiger partial charge in [0.2, 0.25) is 0 Å². The lowest BCUT2D eigenvalue weighted by Crippen LogP contribution is -2.40. The number of para-hydroxylation sites is 1. The molecule has 1 N–H and O–H groups in total. The maximum absolute atomic E-state index is 3.50. The first-order chi connectivity index (χ1) is 8.18. The zero-order valence-electron chi connectivity index (χ0n) is 10.9. The summed E-state index contributed by atoms with van der Waals surface area (Å²) >= 11 is 0. The van der Waals surface area contributed by atoms with Gasteiger partial charge in [0.25, 0.3) is 0 Å². The Bertz CT molecular complexity index is 407. The van der Waals surface area contributed by atoms with Crippen LogP contribution in [0, 0.1) is 5.41 Å². The number of benzene rings is 1. The molecule has 0 bridgehead atoms. The molecule has 2 unspecified atom stereocenters. The normalized spacial score (nSPS) is 31.9. The van der Waals surface area contributed by atoms with E-state index in [1.54, 1.807) is 0 Å². The fourth-order valence-corrected chi connectivity index (χ4v) is 3.29. The summed E-state index contributed by atoms with van der Waals surface area (Å²) < 4.78 is 0. The lowest BCUT2D eigenvalue weighted by Gasteiger charge is -2.34. The Kier molecular flexibility index (Phi) is 2.62. The van der Waals surface area contributed by atoms with Crippen molar-refractivity contribution in [2.45, 2.75) is 32.7 Å². The van der Waals surface area contributed by atoms with Crippen LogP contribution < -0.4 is 10.2 Å². The quantitative estimate of drug-likeness (QED) is 0.839. The highest BCUT2D eigenvalue weighted by molar-refractivity contribution is 5.59. The second kappa shape index (κ2) is 4.02. The van der Waals surface area contributed by atoms with Gasteiger partial charge in [-0.2, -0.15) is 0 Å². The van der Waals surface area contributed by atoms with Crippen molar-refractivity contribution in [1.82, 2.24) is 5.32 Å². The Balaban J connectivity index is 1.83. The molecule has 2 atom stereocenters. The van der Waals surface area contributed by atoms with E-state index >= 15 is 0 Å². The van der Waals surface area contributed by atoms with Gasteiger partial charge in [0.05, 0.1) is 0 Å². The fourth-order valence-electron chi connectivity index (χ4n) is 3.29. The fraction of sp³-hybridized carbons (Fsp3) is 0.600. The van der Waals surface area contributed by atoms with E-state index in [4.69, 9.17) is 0 Å². The molecule has 92 valence electrons. The number of nitrogens with zero attached hydrogens (tertiary/aromatic N) is 1. The monoisotopic (exact) mass is 230 g/mol. The van der Waals surface area contributed by atoms with Crippen LogP contribution in [-0.4, -0.2) is 25.7 Å². The van der Waals surface area contributed by atoms with Crippen LogP contribution in [0.1, 0.15) is 25.8 Å². The third-order valence-electron chi connectivity index (χ3n) is 4.36. The number of fused-ring (bicyclic) bond motifs is 1. The minimum atomic E-state index is 0.450. The first-order valence-electron chi connectivity index (χ1n) is 6.73. The molecule has 1 aromatic rings. The molecule has 2 nitrogen and oxygen atoms in total. The molecule has 0 saturated carbocycles. The molecule has 3 rings (SSSR count). The van der Waals surface area contributed by atoms with E-state index in [9.17, 15) is 0 Å². The average Bonchev–Trinajstić information content (AvgIpc) is 2.86. The molecule has 1 fully saturated rings. The van der Waals surface area contributed by atoms with Gasteiger partial charge in [-0.3, -0.25) is 0 Å². The Morgan fingerprint density at radius 1 is 1.41 bits per heavy atom. The SMILES string of the molecule is CC1Cc2ccccc2N1CC1(C)CCNC1. The van der Waals surface area contributed by atoms with E-state index in [0.717, 1.165) is 0 Å². The van der Waals surface area contributed by atoms with Crippen molar-refractivity contribution in [1.29, 1.82) is 0 Å². The maximum Gasteiger partial charge on any atom is 0.0402 e. The highest BCUT2D eigenvalue weighted by atomic mass is 15.2. The van der Waals surface area contributed by atoms with Gasteiger partial charge in [-0.1, -0.05) is 25.1 Å². The minimum Gasteiger partial charge on any atom is -0.368 e. The van der Waals surface area contributed by atoms with Crippen molar-refractivity contribution in [2.75, 3.05) is 24.5 Å². The van der Waals surface area contributed by atoms with E-state index < -0.39 is 0 Å². The van der Waals surface area contributed by atoms with Crippen molar-refractivity contribution in [3.05, 3.63) is 29.8 Å². The van der Waals surface area contributed by atoms with Crippen LogP contribution in [0.2, 0.25) is 0 Å². The molecule has 0 spiro atoms. The van der Waals surface area contributed by atoms with Crippen molar-refractivity contribution in [2.24, 2.45) is 5.41 Å². The summed E-state index contributed by atoms with van der Waals surface area (Å²) in [5.74, 6) is 0. The van der Waals surface area contributed by atoms with Crippen molar-refractivity contribution in [3.63, 3.8) is 0 Å². The third kappa shape index (κ3) is 1.95. The van der Waals surface area contributed by atoms with Crippen molar-refractivity contribution >= 4 is 5.69 Å². The maximum atomic E-state index is 3.50. The highest BCUT2D eigenvalue weighted by Crippen LogP contribution is 2.36. The zero-order chi connectivity index (χ0) is 11.9. The number of hydrogen-bond donors (Lipinski definition) is 1. The standard InChI is InChI=1S/C15H22N2/c1-12-9-13-5-3-4-6-14(13)17(12)11-15(2)7-8-16-10-15/h3-6,12,16H,7-11H2,1-2H3. The molecule has 2 aliphatic rings. The van der Waals surface area contributed by atoms with Crippen LogP contribution in [0.25, 0.3) is 0 Å². The second-order valence-corrected chi connectivity index (χ2v) is 6.05. The van der Waals surface area contributed by atoms with Gasteiger partial charge >= 0.3 is 0 Å². The van der Waals surface area contributed by atoms with Gasteiger partial charge in [0, 0.05) is 24.8 Å². The third-order valence-corrected chi connectivity index (χ3v) is 4.36. The van der Waals surface area contributed by atoms with Crippen LogP contribution in [0.15, 0.2) is 24.3 Å². The number of hydrogen-bond acceptors (Lipinski definition) is 2. The van der Waals surface area contributed by atoms with E-state index in [0.29, 0.717) is 11.5 Å². The first-order valence-corrected chi connectivity index (χ1v) is 6.73. The van der Waals surface area contributed by atoms with Gasteiger partial charge in [-0.15, -0.1) is 0 Å². The van der Waals surface area contributed by atoms with Crippen molar-refractivity contribution in [3.8, 4) is 0 Å². The lowest BCUT2D eigenvalue weighted by atomic mass is 9.89. The predicted octanol–water partition coefficient (Wildman–Crippen LogP) is 2.44. The predicted molar refractivity (Wildman–Crippen MR) is 72.5 cm³/mol. The summed E-state index contributed by atoms with van der Waals surface area (Å²) in [6, 6.07) is 9.54. The highest BCUT2D eigenvalue weighted by Gasteiger charge is 2.35. The van der Waals surface area contributed by atoms with Gasteiger partial charge in [-0.05, 0) is 43.4 Å². The van der Waals surface area contributed by atoms with E-state index in [1.165, 1.54) is 43.7 Å². The summed E-state index contributed by atoms with van der Waals surface area (Å²) in [7, 11) is 0. The van der Waals surface area contributed by atoms with Crippen LogP contribution in [0.4, 0.5) is 5.69 Å². The van der Waals surface area contributed by atoms with Crippen LogP contribution in [0.5, 0.6) is 0 Å². The second-order valence-electron chi connectivity index (χ2n) is 6.05. The average molecular weight is 230 g/mol. The Morgan fingerprint density at radius 2 is 2.24 bits per heavy atom. The van der Waals surface area contributed by atoms with E-state index in [1.807, 2.05) is 0 Å². The van der Waals surface area contributed by atoms with Gasteiger partial charge in [-0.25, -0.2) is 0 Å². The molecule has 2 aliphatic heterocycles. The molecule has 1 aromatic carbocycles. The smallest absolute Gasteiger partial charge is 0.0402 e. The molecule has 0 radical (unpaired) electrons. The minimum absolute atomic E-state index is 0.450. The number of anilines is 1. The first kappa shape index (κ1) is 11.1. The van der Waals surface area contributed by atoms with Crippen LogP contribution in [0.3, 0.4) is 0 Å². The molecular weight excluding hydrogens is 208 g/mol. The summed E-state index contributed by atoms with van der Waals surface area (Å²) in [4.78, 5) is 2.61. The van der Waals surface area contributed by atoms with Crippen molar-refractivity contribution < 1.29 is 0 Å². The molecule has 17 heavy (non-hydrogen) atoms. The largest absolute Gasteiger partial charge is 0.368 e. The molecule has 1 saturated heterocycles. The van der Waals surface area contributed by atoms with Gasteiger partial charge < -0.3 is 10.2 Å². The van der Waals surface area contributed by atoms with Gasteiger partial charge in [0.1, 0.15) is 0 Å². The zero-order valence-corrected chi connectivity index (χ0v) is 10.9.